The molecule has 0 saturated carbocycles. The average molecular weight is 371 g/mol. The van der Waals surface area contributed by atoms with E-state index in [0.29, 0.717) is 32.6 Å². The van der Waals surface area contributed by atoms with Crippen LogP contribution in [0.1, 0.15) is 30.9 Å². The van der Waals surface area contributed by atoms with Gasteiger partial charge in [0.2, 0.25) is 5.91 Å². The molecule has 1 fully saturated rings. The topological polar surface area (TPSA) is 61.4 Å². The number of hydrogen-bond donors (Lipinski definition) is 2. The summed E-state index contributed by atoms with van der Waals surface area (Å²) in [5, 5.41) is 5.55. The van der Waals surface area contributed by atoms with Crippen LogP contribution in [-0.4, -0.2) is 43.0 Å². The number of benzene rings is 1. The minimum atomic E-state index is -4.35. The van der Waals surface area contributed by atoms with Crippen LogP contribution in [0, 0.1) is 5.92 Å². The fourth-order valence-corrected chi connectivity index (χ4v) is 2.98. The zero-order valence-corrected chi connectivity index (χ0v) is 14.7. The van der Waals surface area contributed by atoms with Gasteiger partial charge in [0.15, 0.2) is 0 Å². The van der Waals surface area contributed by atoms with Crippen LogP contribution < -0.4 is 10.6 Å². The number of hydrogen-bond acceptors (Lipinski definition) is 2. The predicted octanol–water partition coefficient (Wildman–Crippen LogP) is 2.81. The number of alkyl halides is 3. The highest BCUT2D eigenvalue weighted by Gasteiger charge is 2.30. The van der Waals surface area contributed by atoms with E-state index < -0.39 is 11.7 Å². The van der Waals surface area contributed by atoms with Crippen LogP contribution in [0.5, 0.6) is 0 Å². The van der Waals surface area contributed by atoms with Gasteiger partial charge < -0.3 is 15.5 Å². The number of carbonyl (C=O) groups is 2. The van der Waals surface area contributed by atoms with Crippen molar-refractivity contribution >= 4 is 11.9 Å². The SMILES string of the molecule is CCNC(=O)C1CCCN(C(=O)NCCc2ccc(C(F)(F)F)cc2)C1. The van der Waals surface area contributed by atoms with Gasteiger partial charge in [0, 0.05) is 26.2 Å². The zero-order chi connectivity index (χ0) is 19.2. The Balaban J connectivity index is 1.78. The number of carbonyl (C=O) groups excluding carboxylic acids is 2. The van der Waals surface area contributed by atoms with Gasteiger partial charge in [0.05, 0.1) is 11.5 Å². The molecule has 3 amide bonds. The molecule has 1 heterocycles. The molecule has 8 heteroatoms. The van der Waals surface area contributed by atoms with Gasteiger partial charge >= 0.3 is 12.2 Å². The molecule has 2 rings (SSSR count). The van der Waals surface area contributed by atoms with Crippen molar-refractivity contribution in [3.8, 4) is 0 Å². The Kier molecular flexibility index (Phi) is 6.88. The van der Waals surface area contributed by atoms with Gasteiger partial charge in [-0.15, -0.1) is 0 Å². The Hall–Kier alpha value is -2.25. The number of amides is 3. The van der Waals surface area contributed by atoms with Crippen molar-refractivity contribution in [2.45, 2.75) is 32.4 Å². The van der Waals surface area contributed by atoms with Gasteiger partial charge in [0.1, 0.15) is 0 Å². The molecule has 1 saturated heterocycles. The first-order valence-electron chi connectivity index (χ1n) is 8.78. The van der Waals surface area contributed by atoms with E-state index in [1.807, 2.05) is 6.92 Å². The van der Waals surface area contributed by atoms with Crippen molar-refractivity contribution in [1.82, 2.24) is 15.5 Å². The van der Waals surface area contributed by atoms with Crippen molar-refractivity contribution in [3.05, 3.63) is 35.4 Å². The summed E-state index contributed by atoms with van der Waals surface area (Å²) in [6.45, 7) is 3.73. The van der Waals surface area contributed by atoms with Crippen LogP contribution in [0.3, 0.4) is 0 Å². The third-order valence-electron chi connectivity index (χ3n) is 4.40. The minimum Gasteiger partial charge on any atom is -0.356 e. The molecule has 0 bridgehead atoms. The molecule has 0 aliphatic carbocycles. The molecule has 144 valence electrons. The Morgan fingerprint density at radius 3 is 2.50 bits per heavy atom. The van der Waals surface area contributed by atoms with Gasteiger partial charge in [-0.2, -0.15) is 13.2 Å². The lowest BCUT2D eigenvalue weighted by Gasteiger charge is -2.32. The third-order valence-corrected chi connectivity index (χ3v) is 4.40. The highest BCUT2D eigenvalue weighted by Crippen LogP contribution is 2.29. The van der Waals surface area contributed by atoms with Crippen LogP contribution >= 0.6 is 0 Å². The first-order chi connectivity index (χ1) is 12.3. The number of likely N-dealkylation sites (tertiary alicyclic amines) is 1. The summed E-state index contributed by atoms with van der Waals surface area (Å²) >= 11 is 0. The van der Waals surface area contributed by atoms with Crippen LogP contribution in [-0.2, 0) is 17.4 Å². The quantitative estimate of drug-likeness (QED) is 0.836. The largest absolute Gasteiger partial charge is 0.416 e. The van der Waals surface area contributed by atoms with Crippen molar-refractivity contribution < 1.29 is 22.8 Å². The highest BCUT2D eigenvalue weighted by molar-refractivity contribution is 5.80. The molecule has 0 spiro atoms. The van der Waals surface area contributed by atoms with Crippen molar-refractivity contribution in [3.63, 3.8) is 0 Å². The number of urea groups is 1. The summed E-state index contributed by atoms with van der Waals surface area (Å²) in [6, 6.07) is 4.67. The van der Waals surface area contributed by atoms with Crippen LogP contribution in [0.4, 0.5) is 18.0 Å². The average Bonchev–Trinajstić information content (AvgIpc) is 2.61. The number of rotatable bonds is 5. The summed E-state index contributed by atoms with van der Waals surface area (Å²) in [6.07, 6.45) is -2.37. The second kappa shape index (κ2) is 8.91. The van der Waals surface area contributed by atoms with Crippen molar-refractivity contribution in [1.29, 1.82) is 0 Å². The lowest BCUT2D eigenvalue weighted by atomic mass is 9.97. The Morgan fingerprint density at radius 2 is 1.88 bits per heavy atom. The molecule has 0 radical (unpaired) electrons. The van der Waals surface area contributed by atoms with E-state index in [9.17, 15) is 22.8 Å². The van der Waals surface area contributed by atoms with Gasteiger partial charge in [-0.3, -0.25) is 4.79 Å². The molecule has 26 heavy (non-hydrogen) atoms. The van der Waals surface area contributed by atoms with E-state index in [0.717, 1.165) is 30.5 Å². The summed E-state index contributed by atoms with van der Waals surface area (Å²) in [7, 11) is 0. The Labute approximate surface area is 150 Å². The van der Waals surface area contributed by atoms with E-state index >= 15 is 0 Å². The maximum atomic E-state index is 12.5. The van der Waals surface area contributed by atoms with Gasteiger partial charge in [-0.05, 0) is 43.9 Å². The Morgan fingerprint density at radius 1 is 1.19 bits per heavy atom. The van der Waals surface area contributed by atoms with Crippen LogP contribution in [0.25, 0.3) is 0 Å². The van der Waals surface area contributed by atoms with Crippen molar-refractivity contribution in [2.24, 2.45) is 5.92 Å². The molecule has 1 aromatic rings. The van der Waals surface area contributed by atoms with E-state index in [2.05, 4.69) is 10.6 Å². The third kappa shape index (κ3) is 5.64. The lowest BCUT2D eigenvalue weighted by Crippen LogP contribution is -2.49. The fraction of sp³-hybridized carbons (Fsp3) is 0.556. The summed E-state index contributed by atoms with van der Waals surface area (Å²) in [5.41, 5.74) is 0.0344. The number of piperidine rings is 1. The highest BCUT2D eigenvalue weighted by atomic mass is 19.4. The van der Waals surface area contributed by atoms with Gasteiger partial charge in [0.25, 0.3) is 0 Å². The second-order valence-corrected chi connectivity index (χ2v) is 6.36. The smallest absolute Gasteiger partial charge is 0.356 e. The minimum absolute atomic E-state index is 0.0326. The van der Waals surface area contributed by atoms with E-state index in [-0.39, 0.29) is 17.9 Å². The maximum absolute atomic E-state index is 12.5. The van der Waals surface area contributed by atoms with E-state index in [4.69, 9.17) is 0 Å². The molecule has 1 aliphatic rings. The van der Waals surface area contributed by atoms with Crippen LogP contribution in [0.15, 0.2) is 24.3 Å². The first kappa shape index (κ1) is 20.1. The normalized spacial score (nSPS) is 17.7. The summed E-state index contributed by atoms with van der Waals surface area (Å²) < 4.78 is 37.6. The molecule has 2 N–H and O–H groups in total. The molecule has 1 atom stereocenters. The van der Waals surface area contributed by atoms with Crippen molar-refractivity contribution in [2.75, 3.05) is 26.2 Å². The maximum Gasteiger partial charge on any atom is 0.416 e. The molecular weight excluding hydrogens is 347 g/mol. The van der Waals surface area contributed by atoms with Crippen LogP contribution in [0.2, 0.25) is 0 Å². The summed E-state index contributed by atoms with van der Waals surface area (Å²) in [5.74, 6) is -0.223. The molecule has 1 aromatic carbocycles. The molecule has 1 unspecified atom stereocenters. The van der Waals surface area contributed by atoms with E-state index in [1.54, 1.807) is 4.90 Å². The lowest BCUT2D eigenvalue weighted by molar-refractivity contribution is -0.137. The predicted molar refractivity (Wildman–Crippen MR) is 91.5 cm³/mol. The Bertz CT molecular complexity index is 617. The number of nitrogens with zero attached hydrogens (tertiary/aromatic N) is 1. The zero-order valence-electron chi connectivity index (χ0n) is 14.7. The van der Waals surface area contributed by atoms with Gasteiger partial charge in [-0.25, -0.2) is 4.79 Å². The van der Waals surface area contributed by atoms with Gasteiger partial charge in [-0.1, -0.05) is 12.1 Å². The molecule has 1 aliphatic heterocycles. The second-order valence-electron chi connectivity index (χ2n) is 6.36. The molecular formula is C18H24F3N3O2. The summed E-state index contributed by atoms with van der Waals surface area (Å²) in [4.78, 5) is 25.8. The molecule has 0 aromatic heterocycles. The van der Waals surface area contributed by atoms with E-state index in [1.165, 1.54) is 12.1 Å². The first-order valence-corrected chi connectivity index (χ1v) is 8.78. The monoisotopic (exact) mass is 371 g/mol. The number of halogens is 3. The number of nitrogens with one attached hydrogen (secondary N) is 2. The fourth-order valence-electron chi connectivity index (χ4n) is 2.98. The molecule has 5 nitrogen and oxygen atoms in total. The standard InChI is InChI=1S/C18H24F3N3O2/c1-2-22-16(25)14-4-3-11-24(12-14)17(26)23-10-9-13-5-7-15(8-6-13)18(19,20)21/h5-8,14H,2-4,9-12H2,1H3,(H,22,25)(H,23,26).